The van der Waals surface area contributed by atoms with Gasteiger partial charge in [0.2, 0.25) is 0 Å². The van der Waals surface area contributed by atoms with Crippen molar-refractivity contribution in [1.82, 2.24) is 0 Å². The molecule has 0 atom stereocenters. The zero-order valence-electron chi connectivity index (χ0n) is 8.31. The van der Waals surface area contributed by atoms with Crippen LogP contribution in [0.1, 0.15) is 5.76 Å². The molecule has 0 fully saturated rings. The maximum atomic E-state index is 10.5. The predicted octanol–water partition coefficient (Wildman–Crippen LogP) is 3.34. The molecule has 4 heteroatoms. The van der Waals surface area contributed by atoms with Crippen LogP contribution in [-0.2, 0) is 11.2 Å². The number of carbonyl (C=O) groups is 1. The second-order valence-electron chi connectivity index (χ2n) is 3.34. The smallest absolute Gasteiger partial charge is 0.311 e. The van der Waals surface area contributed by atoms with Crippen molar-refractivity contribution in [1.29, 1.82) is 0 Å². The molecule has 1 N–H and O–H groups in total. The summed E-state index contributed by atoms with van der Waals surface area (Å²) >= 11 is 3.35. The molecule has 0 spiro atoms. The van der Waals surface area contributed by atoms with Crippen LogP contribution >= 0.6 is 15.9 Å². The van der Waals surface area contributed by atoms with E-state index < -0.39 is 5.97 Å². The Morgan fingerprint density at radius 1 is 1.19 bits per heavy atom. The van der Waals surface area contributed by atoms with Gasteiger partial charge in [-0.3, -0.25) is 4.79 Å². The van der Waals surface area contributed by atoms with E-state index in [1.807, 2.05) is 24.3 Å². The zero-order chi connectivity index (χ0) is 11.5. The summed E-state index contributed by atoms with van der Waals surface area (Å²) in [4.78, 5) is 10.5. The van der Waals surface area contributed by atoms with Crippen molar-refractivity contribution in [3.05, 3.63) is 46.6 Å². The fraction of sp³-hybridized carbons (Fsp3) is 0.0833. The molecular formula is C12H9BrO3. The second-order valence-corrected chi connectivity index (χ2v) is 4.26. The Balaban J connectivity index is 2.24. The first-order chi connectivity index (χ1) is 7.65. The number of benzene rings is 1. The second kappa shape index (κ2) is 4.53. The molecule has 0 saturated heterocycles. The molecule has 82 valence electrons. The molecule has 0 bridgehead atoms. The van der Waals surface area contributed by atoms with Crippen LogP contribution in [0.15, 0.2) is 45.3 Å². The van der Waals surface area contributed by atoms with Crippen LogP contribution in [0.2, 0.25) is 0 Å². The molecule has 0 amide bonds. The van der Waals surface area contributed by atoms with Gasteiger partial charge in [-0.05, 0) is 24.3 Å². The Morgan fingerprint density at radius 3 is 2.50 bits per heavy atom. The monoisotopic (exact) mass is 280 g/mol. The maximum absolute atomic E-state index is 10.5. The normalized spacial score (nSPS) is 10.3. The van der Waals surface area contributed by atoms with E-state index in [1.54, 1.807) is 12.1 Å². The van der Waals surface area contributed by atoms with E-state index in [0.717, 1.165) is 10.0 Å². The third kappa shape index (κ3) is 2.52. The number of hydrogen-bond acceptors (Lipinski definition) is 2. The minimum atomic E-state index is -0.892. The summed E-state index contributed by atoms with van der Waals surface area (Å²) < 4.78 is 6.42. The van der Waals surface area contributed by atoms with E-state index in [0.29, 0.717) is 11.5 Å². The average Bonchev–Trinajstić information content (AvgIpc) is 2.66. The molecule has 1 aromatic carbocycles. The summed E-state index contributed by atoms with van der Waals surface area (Å²) in [5, 5.41) is 8.62. The minimum Gasteiger partial charge on any atom is -0.481 e. The lowest BCUT2D eigenvalue weighted by molar-refractivity contribution is -0.136. The molecule has 3 nitrogen and oxygen atoms in total. The van der Waals surface area contributed by atoms with Crippen LogP contribution in [0.5, 0.6) is 0 Å². The van der Waals surface area contributed by atoms with Crippen molar-refractivity contribution in [3.63, 3.8) is 0 Å². The minimum absolute atomic E-state index is 0.0868. The third-order valence-corrected chi connectivity index (χ3v) is 2.64. The summed E-state index contributed by atoms with van der Waals surface area (Å²) in [7, 11) is 0. The van der Waals surface area contributed by atoms with Gasteiger partial charge in [0.1, 0.15) is 17.9 Å². The summed E-state index contributed by atoms with van der Waals surface area (Å²) in [5.41, 5.74) is 0.930. The van der Waals surface area contributed by atoms with Crippen LogP contribution in [0.4, 0.5) is 0 Å². The van der Waals surface area contributed by atoms with E-state index in [1.165, 1.54) is 0 Å². The van der Waals surface area contributed by atoms with Gasteiger partial charge in [-0.1, -0.05) is 28.1 Å². The summed E-state index contributed by atoms with van der Waals surface area (Å²) in [5.74, 6) is 0.255. The molecule has 1 aromatic heterocycles. The lowest BCUT2D eigenvalue weighted by atomic mass is 10.2. The van der Waals surface area contributed by atoms with Crippen molar-refractivity contribution >= 4 is 21.9 Å². The molecule has 16 heavy (non-hydrogen) atoms. The lowest BCUT2D eigenvalue weighted by Crippen LogP contribution is -1.97. The standard InChI is InChI=1S/C12H9BrO3/c13-9-3-1-8(2-4-9)11-6-5-10(16-11)7-12(14)15/h1-6H,7H2,(H,14,15). The van der Waals surface area contributed by atoms with Gasteiger partial charge in [-0.25, -0.2) is 0 Å². The Morgan fingerprint density at radius 2 is 1.88 bits per heavy atom. The average molecular weight is 281 g/mol. The number of hydrogen-bond donors (Lipinski definition) is 1. The first-order valence-corrected chi connectivity index (χ1v) is 5.51. The Kier molecular flexibility index (Phi) is 3.10. The number of aliphatic carboxylic acids is 1. The SMILES string of the molecule is O=C(O)Cc1ccc(-c2ccc(Br)cc2)o1. The Bertz CT molecular complexity index is 499. The molecule has 2 aromatic rings. The largest absolute Gasteiger partial charge is 0.481 e. The van der Waals surface area contributed by atoms with Crippen LogP contribution in [0.25, 0.3) is 11.3 Å². The van der Waals surface area contributed by atoms with Gasteiger partial charge in [0.15, 0.2) is 0 Å². The van der Waals surface area contributed by atoms with Gasteiger partial charge in [0.25, 0.3) is 0 Å². The van der Waals surface area contributed by atoms with Crippen LogP contribution < -0.4 is 0 Å². The van der Waals surface area contributed by atoms with Crippen molar-refractivity contribution < 1.29 is 14.3 Å². The molecule has 0 aliphatic heterocycles. The van der Waals surface area contributed by atoms with E-state index >= 15 is 0 Å². The van der Waals surface area contributed by atoms with Gasteiger partial charge in [0, 0.05) is 10.0 Å². The van der Waals surface area contributed by atoms with Crippen LogP contribution in [0.3, 0.4) is 0 Å². The van der Waals surface area contributed by atoms with Gasteiger partial charge in [-0.15, -0.1) is 0 Å². The fourth-order valence-corrected chi connectivity index (χ4v) is 1.66. The number of furan rings is 1. The summed E-state index contributed by atoms with van der Waals surface area (Å²) in [6.07, 6.45) is -0.0868. The molecule has 1 heterocycles. The molecule has 0 aliphatic rings. The van der Waals surface area contributed by atoms with E-state index in [9.17, 15) is 4.79 Å². The Labute approximate surface area is 101 Å². The summed E-state index contributed by atoms with van der Waals surface area (Å²) in [6, 6.07) is 11.1. The predicted molar refractivity (Wildman–Crippen MR) is 63.2 cm³/mol. The third-order valence-electron chi connectivity index (χ3n) is 2.12. The van der Waals surface area contributed by atoms with Crippen molar-refractivity contribution in [2.45, 2.75) is 6.42 Å². The first kappa shape index (κ1) is 11.0. The number of carboxylic acid groups (broad SMARTS) is 1. The van der Waals surface area contributed by atoms with Crippen LogP contribution in [-0.4, -0.2) is 11.1 Å². The lowest BCUT2D eigenvalue weighted by Gasteiger charge is -1.97. The highest BCUT2D eigenvalue weighted by molar-refractivity contribution is 9.10. The molecule has 0 radical (unpaired) electrons. The highest BCUT2D eigenvalue weighted by atomic mass is 79.9. The van der Waals surface area contributed by atoms with Gasteiger partial charge < -0.3 is 9.52 Å². The maximum Gasteiger partial charge on any atom is 0.311 e. The molecule has 0 aliphatic carbocycles. The van der Waals surface area contributed by atoms with Gasteiger partial charge in [-0.2, -0.15) is 0 Å². The number of carboxylic acids is 1. The van der Waals surface area contributed by atoms with Crippen LogP contribution in [0, 0.1) is 0 Å². The molecule has 2 rings (SSSR count). The van der Waals surface area contributed by atoms with E-state index in [2.05, 4.69) is 15.9 Å². The molecule has 0 unspecified atom stereocenters. The number of halogens is 1. The first-order valence-electron chi connectivity index (χ1n) is 4.71. The van der Waals surface area contributed by atoms with Crippen molar-refractivity contribution in [2.75, 3.05) is 0 Å². The van der Waals surface area contributed by atoms with Gasteiger partial charge in [0.05, 0.1) is 0 Å². The quantitative estimate of drug-likeness (QED) is 0.938. The van der Waals surface area contributed by atoms with E-state index in [-0.39, 0.29) is 6.42 Å². The van der Waals surface area contributed by atoms with Crippen molar-refractivity contribution in [3.8, 4) is 11.3 Å². The van der Waals surface area contributed by atoms with E-state index in [4.69, 9.17) is 9.52 Å². The van der Waals surface area contributed by atoms with Gasteiger partial charge >= 0.3 is 5.97 Å². The van der Waals surface area contributed by atoms with Crippen molar-refractivity contribution in [2.24, 2.45) is 0 Å². The molecule has 0 saturated carbocycles. The highest BCUT2D eigenvalue weighted by Gasteiger charge is 2.07. The fourth-order valence-electron chi connectivity index (χ4n) is 1.39. The topological polar surface area (TPSA) is 50.4 Å². The zero-order valence-corrected chi connectivity index (χ0v) is 9.90. The molecular weight excluding hydrogens is 272 g/mol. The summed E-state index contributed by atoms with van der Waals surface area (Å²) in [6.45, 7) is 0. The highest BCUT2D eigenvalue weighted by Crippen LogP contribution is 2.24. The Hall–Kier alpha value is -1.55. The number of rotatable bonds is 3.